The van der Waals surface area contributed by atoms with Gasteiger partial charge < -0.3 is 15.4 Å². The van der Waals surface area contributed by atoms with E-state index in [-0.39, 0.29) is 12.1 Å². The van der Waals surface area contributed by atoms with Crippen molar-refractivity contribution in [1.29, 1.82) is 0 Å². The van der Waals surface area contributed by atoms with Crippen molar-refractivity contribution in [3.8, 4) is 5.75 Å². The van der Waals surface area contributed by atoms with Gasteiger partial charge in [-0.05, 0) is 38.8 Å². The molecule has 1 aromatic rings. The summed E-state index contributed by atoms with van der Waals surface area (Å²) < 4.78 is 5.37. The molecular formula is C15H25N3O. The van der Waals surface area contributed by atoms with Gasteiger partial charge in [-0.2, -0.15) is 0 Å². The van der Waals surface area contributed by atoms with E-state index in [4.69, 9.17) is 10.5 Å². The van der Waals surface area contributed by atoms with E-state index in [1.54, 1.807) is 7.11 Å². The predicted molar refractivity (Wildman–Crippen MR) is 80.7 cm³/mol. The molecule has 1 unspecified atom stereocenters. The van der Waals surface area contributed by atoms with Crippen LogP contribution in [0.2, 0.25) is 0 Å². The number of hydrogen-bond donors (Lipinski definition) is 1. The molecule has 0 bridgehead atoms. The van der Waals surface area contributed by atoms with Crippen LogP contribution in [0.5, 0.6) is 5.75 Å². The van der Waals surface area contributed by atoms with Gasteiger partial charge in [0.05, 0.1) is 7.11 Å². The average molecular weight is 263 g/mol. The van der Waals surface area contributed by atoms with Crippen molar-refractivity contribution >= 4 is 5.96 Å². The predicted octanol–water partition coefficient (Wildman–Crippen LogP) is 2.28. The Morgan fingerprint density at radius 3 is 2.53 bits per heavy atom. The van der Waals surface area contributed by atoms with Crippen LogP contribution in [-0.4, -0.2) is 37.1 Å². The number of aliphatic imine (C=N–C) groups is 1. The molecule has 106 valence electrons. The molecule has 1 atom stereocenters. The van der Waals surface area contributed by atoms with E-state index < -0.39 is 0 Å². The molecule has 4 heteroatoms. The third-order valence-electron chi connectivity index (χ3n) is 3.12. The molecule has 1 rings (SSSR count). The lowest BCUT2D eigenvalue weighted by atomic mass is 10.1. The van der Waals surface area contributed by atoms with Crippen LogP contribution >= 0.6 is 0 Å². The van der Waals surface area contributed by atoms with Crippen molar-refractivity contribution in [3.05, 3.63) is 29.8 Å². The van der Waals surface area contributed by atoms with Gasteiger partial charge in [0.15, 0.2) is 5.96 Å². The number of methoxy groups -OCH3 is 1. The highest BCUT2D eigenvalue weighted by Crippen LogP contribution is 2.20. The number of guanidine groups is 1. The molecule has 0 amide bonds. The van der Waals surface area contributed by atoms with Crippen molar-refractivity contribution in [2.75, 3.05) is 14.2 Å². The zero-order chi connectivity index (χ0) is 14.4. The highest BCUT2D eigenvalue weighted by atomic mass is 16.5. The van der Waals surface area contributed by atoms with Crippen LogP contribution in [-0.2, 0) is 6.42 Å². The van der Waals surface area contributed by atoms with Crippen LogP contribution in [0.15, 0.2) is 29.3 Å². The van der Waals surface area contributed by atoms with Crippen molar-refractivity contribution in [1.82, 2.24) is 4.90 Å². The fourth-order valence-corrected chi connectivity index (χ4v) is 1.91. The normalized spacial score (nSPS) is 13.5. The van der Waals surface area contributed by atoms with Gasteiger partial charge in [0.25, 0.3) is 0 Å². The first-order chi connectivity index (χ1) is 8.95. The number of likely N-dealkylation sites (N-methyl/N-ethyl adjacent to an activating group) is 1. The molecule has 2 N–H and O–H groups in total. The van der Waals surface area contributed by atoms with Gasteiger partial charge in [0.2, 0.25) is 0 Å². The Hall–Kier alpha value is -1.71. The van der Waals surface area contributed by atoms with E-state index in [0.29, 0.717) is 5.96 Å². The molecule has 0 aliphatic rings. The van der Waals surface area contributed by atoms with Gasteiger partial charge in [-0.1, -0.05) is 18.2 Å². The molecule has 0 spiro atoms. The highest BCUT2D eigenvalue weighted by molar-refractivity contribution is 5.78. The van der Waals surface area contributed by atoms with Gasteiger partial charge in [-0.25, -0.2) is 0 Å². The summed E-state index contributed by atoms with van der Waals surface area (Å²) in [6.07, 6.45) is 0.870. The number of nitrogens with zero attached hydrogens (tertiary/aromatic N) is 2. The van der Waals surface area contributed by atoms with E-state index in [1.165, 1.54) is 5.56 Å². The molecule has 0 aromatic heterocycles. The van der Waals surface area contributed by atoms with Crippen LogP contribution in [0.25, 0.3) is 0 Å². The van der Waals surface area contributed by atoms with Crippen LogP contribution in [0.4, 0.5) is 0 Å². The number of nitrogens with two attached hydrogens (primary N) is 1. The average Bonchev–Trinajstić information content (AvgIpc) is 2.37. The zero-order valence-corrected chi connectivity index (χ0v) is 12.6. The Bertz CT molecular complexity index is 429. The van der Waals surface area contributed by atoms with Crippen molar-refractivity contribution in [2.45, 2.75) is 39.3 Å². The molecular weight excluding hydrogens is 238 g/mol. The lowest BCUT2D eigenvalue weighted by Gasteiger charge is -2.27. The standard InChI is InChI=1S/C15H25N3O/c1-11(2)17-15(16)18(4)12(3)10-13-8-6-7-9-14(13)19-5/h6-9,11-12H,10H2,1-5H3,(H2,16,17). The van der Waals surface area contributed by atoms with Gasteiger partial charge in [0, 0.05) is 19.1 Å². The molecule has 0 saturated carbocycles. The van der Waals surface area contributed by atoms with Crippen LogP contribution < -0.4 is 10.5 Å². The van der Waals surface area contributed by atoms with E-state index in [1.807, 2.05) is 44.0 Å². The first kappa shape index (κ1) is 15.3. The first-order valence-electron chi connectivity index (χ1n) is 6.63. The minimum Gasteiger partial charge on any atom is -0.496 e. The smallest absolute Gasteiger partial charge is 0.191 e. The maximum atomic E-state index is 5.99. The second-order valence-electron chi connectivity index (χ2n) is 5.06. The minimum atomic E-state index is 0.209. The van der Waals surface area contributed by atoms with E-state index in [9.17, 15) is 0 Å². The summed E-state index contributed by atoms with van der Waals surface area (Å²) >= 11 is 0. The third kappa shape index (κ3) is 4.47. The summed E-state index contributed by atoms with van der Waals surface area (Å²) in [4.78, 5) is 6.38. The Kier molecular flexibility index (Phi) is 5.67. The molecule has 0 heterocycles. The van der Waals surface area contributed by atoms with Gasteiger partial charge >= 0.3 is 0 Å². The Morgan fingerprint density at radius 2 is 1.95 bits per heavy atom. The third-order valence-corrected chi connectivity index (χ3v) is 3.12. The molecule has 0 aliphatic carbocycles. The lowest BCUT2D eigenvalue weighted by Crippen LogP contribution is -2.41. The Balaban J connectivity index is 2.76. The molecule has 0 fully saturated rings. The summed E-state index contributed by atoms with van der Waals surface area (Å²) in [5, 5.41) is 0. The number of hydrogen-bond acceptors (Lipinski definition) is 2. The van der Waals surface area contributed by atoms with Crippen LogP contribution in [0.1, 0.15) is 26.3 Å². The van der Waals surface area contributed by atoms with Gasteiger partial charge in [-0.3, -0.25) is 4.99 Å². The summed E-state index contributed by atoms with van der Waals surface area (Å²) in [7, 11) is 3.67. The fraction of sp³-hybridized carbons (Fsp3) is 0.533. The summed E-state index contributed by atoms with van der Waals surface area (Å²) in [5.74, 6) is 1.50. The SMILES string of the molecule is COc1ccccc1CC(C)N(C)C(N)=NC(C)C. The molecule has 0 aliphatic heterocycles. The first-order valence-corrected chi connectivity index (χ1v) is 6.63. The monoisotopic (exact) mass is 263 g/mol. The second kappa shape index (κ2) is 7.02. The summed E-state index contributed by atoms with van der Waals surface area (Å²) in [6, 6.07) is 8.54. The second-order valence-corrected chi connectivity index (χ2v) is 5.06. The van der Waals surface area contributed by atoms with E-state index in [2.05, 4.69) is 18.0 Å². The van der Waals surface area contributed by atoms with Gasteiger partial charge in [-0.15, -0.1) is 0 Å². The number of rotatable bonds is 5. The Labute approximate surface area is 116 Å². The quantitative estimate of drug-likeness (QED) is 0.655. The number of ether oxygens (including phenoxy) is 1. The minimum absolute atomic E-state index is 0.209. The van der Waals surface area contributed by atoms with Crippen molar-refractivity contribution in [3.63, 3.8) is 0 Å². The number of para-hydroxylation sites is 1. The maximum absolute atomic E-state index is 5.99. The van der Waals surface area contributed by atoms with E-state index >= 15 is 0 Å². The summed E-state index contributed by atoms with van der Waals surface area (Å²) in [6.45, 7) is 6.17. The largest absolute Gasteiger partial charge is 0.496 e. The number of benzene rings is 1. The van der Waals surface area contributed by atoms with Crippen LogP contribution in [0.3, 0.4) is 0 Å². The van der Waals surface area contributed by atoms with Crippen LogP contribution in [0, 0.1) is 0 Å². The topological polar surface area (TPSA) is 50.9 Å². The molecule has 0 saturated heterocycles. The molecule has 1 aromatic carbocycles. The molecule has 0 radical (unpaired) electrons. The molecule has 4 nitrogen and oxygen atoms in total. The molecule has 19 heavy (non-hydrogen) atoms. The maximum Gasteiger partial charge on any atom is 0.191 e. The summed E-state index contributed by atoms with van der Waals surface area (Å²) in [5.41, 5.74) is 7.17. The van der Waals surface area contributed by atoms with Crippen molar-refractivity contribution in [2.24, 2.45) is 10.7 Å². The highest BCUT2D eigenvalue weighted by Gasteiger charge is 2.14. The zero-order valence-electron chi connectivity index (χ0n) is 12.6. The lowest BCUT2D eigenvalue weighted by molar-refractivity contribution is 0.368. The fourth-order valence-electron chi connectivity index (χ4n) is 1.91. The van der Waals surface area contributed by atoms with Crippen molar-refractivity contribution < 1.29 is 4.74 Å². The van der Waals surface area contributed by atoms with E-state index in [0.717, 1.165) is 12.2 Å². The Morgan fingerprint density at radius 1 is 1.32 bits per heavy atom. The van der Waals surface area contributed by atoms with Gasteiger partial charge in [0.1, 0.15) is 5.75 Å².